The van der Waals surface area contributed by atoms with Gasteiger partial charge in [-0.25, -0.2) is 0 Å². The van der Waals surface area contributed by atoms with Crippen LogP contribution in [-0.2, 0) is 0 Å². The molecule has 1 heterocycles. The first-order valence-electron chi connectivity index (χ1n) is 6.07. The molecule has 1 aromatic carbocycles. The average molecular weight is 217 g/mol. The smallest absolute Gasteiger partial charge is 0.161 e. The van der Waals surface area contributed by atoms with Crippen LogP contribution in [0.3, 0.4) is 0 Å². The number of benzene rings is 1. The monoisotopic (exact) mass is 217 g/mol. The number of hydrogen-bond donors (Lipinski definition) is 0. The second kappa shape index (κ2) is 4.69. The van der Waals surface area contributed by atoms with Crippen LogP contribution < -0.4 is 4.90 Å². The second-order valence-electron chi connectivity index (χ2n) is 4.61. The first-order valence-corrected chi connectivity index (χ1v) is 6.07. The van der Waals surface area contributed by atoms with Gasteiger partial charge in [-0.1, -0.05) is 12.1 Å². The lowest BCUT2D eigenvalue weighted by Crippen LogP contribution is -2.38. The molecule has 2 nitrogen and oxygen atoms in total. The lowest BCUT2D eigenvalue weighted by atomic mass is 10.00. The predicted octanol–water partition coefficient (Wildman–Crippen LogP) is 3.27. The first kappa shape index (κ1) is 11.2. The van der Waals surface area contributed by atoms with E-state index in [1.54, 1.807) is 6.92 Å². The number of carbonyl (C=O) groups excluding carboxylic acids is 1. The summed E-state index contributed by atoms with van der Waals surface area (Å²) in [5, 5.41) is 0. The molecular weight excluding hydrogens is 198 g/mol. The van der Waals surface area contributed by atoms with Crippen molar-refractivity contribution in [2.45, 2.75) is 39.2 Å². The number of nitrogens with zero attached hydrogens (tertiary/aromatic N) is 1. The molecular formula is C14H19NO. The van der Waals surface area contributed by atoms with Crippen LogP contribution in [-0.4, -0.2) is 18.4 Å². The van der Waals surface area contributed by atoms with E-state index in [4.69, 9.17) is 0 Å². The van der Waals surface area contributed by atoms with Crippen molar-refractivity contribution < 1.29 is 4.79 Å². The maximum absolute atomic E-state index is 11.6. The van der Waals surface area contributed by atoms with Gasteiger partial charge < -0.3 is 4.90 Å². The van der Waals surface area contributed by atoms with Crippen LogP contribution in [0.15, 0.2) is 24.3 Å². The largest absolute Gasteiger partial charge is 0.368 e. The van der Waals surface area contributed by atoms with E-state index < -0.39 is 0 Å². The van der Waals surface area contributed by atoms with Crippen molar-refractivity contribution in [3.63, 3.8) is 0 Å². The van der Waals surface area contributed by atoms with Crippen molar-refractivity contribution in [3.05, 3.63) is 29.8 Å². The summed E-state index contributed by atoms with van der Waals surface area (Å²) in [6, 6.07) is 8.50. The van der Waals surface area contributed by atoms with Crippen LogP contribution in [0.4, 0.5) is 5.69 Å². The third-order valence-electron chi connectivity index (χ3n) is 3.40. The minimum absolute atomic E-state index is 0.161. The summed E-state index contributed by atoms with van der Waals surface area (Å²) in [4.78, 5) is 14.0. The van der Waals surface area contributed by atoms with Crippen LogP contribution in [0, 0.1) is 0 Å². The molecule has 0 aromatic heterocycles. The molecule has 1 aliphatic rings. The summed E-state index contributed by atoms with van der Waals surface area (Å²) in [7, 11) is 0. The molecule has 1 aliphatic heterocycles. The third-order valence-corrected chi connectivity index (χ3v) is 3.40. The van der Waals surface area contributed by atoms with E-state index in [1.165, 1.54) is 19.3 Å². The standard InChI is InChI=1S/C14H19NO/c1-11-7-5-6-10-15(11)14-9-4-3-8-13(14)12(2)16/h3-4,8-9,11H,5-7,10H2,1-2H3. The summed E-state index contributed by atoms with van der Waals surface area (Å²) in [6.45, 7) is 4.97. The van der Waals surface area contributed by atoms with Gasteiger partial charge in [-0.2, -0.15) is 0 Å². The normalized spacial score (nSPS) is 20.9. The zero-order valence-corrected chi connectivity index (χ0v) is 10.1. The lowest BCUT2D eigenvalue weighted by molar-refractivity contribution is 0.101. The van der Waals surface area contributed by atoms with Crippen molar-refractivity contribution in [3.8, 4) is 0 Å². The maximum atomic E-state index is 11.6. The number of para-hydroxylation sites is 1. The van der Waals surface area contributed by atoms with Gasteiger partial charge in [0, 0.05) is 23.8 Å². The van der Waals surface area contributed by atoms with E-state index >= 15 is 0 Å². The van der Waals surface area contributed by atoms with E-state index in [2.05, 4.69) is 17.9 Å². The molecule has 86 valence electrons. The number of piperidine rings is 1. The van der Waals surface area contributed by atoms with Crippen molar-refractivity contribution in [2.24, 2.45) is 0 Å². The molecule has 2 heteroatoms. The van der Waals surface area contributed by atoms with Gasteiger partial charge in [-0.15, -0.1) is 0 Å². The Kier molecular flexibility index (Phi) is 3.28. The molecule has 0 aliphatic carbocycles. The lowest BCUT2D eigenvalue weighted by Gasteiger charge is -2.36. The molecule has 0 bridgehead atoms. The first-order chi connectivity index (χ1) is 7.70. The van der Waals surface area contributed by atoms with Crippen molar-refractivity contribution >= 4 is 11.5 Å². The van der Waals surface area contributed by atoms with Crippen LogP contribution in [0.1, 0.15) is 43.5 Å². The van der Waals surface area contributed by atoms with Crippen molar-refractivity contribution in [1.82, 2.24) is 0 Å². The van der Waals surface area contributed by atoms with Crippen LogP contribution in [0.5, 0.6) is 0 Å². The van der Waals surface area contributed by atoms with Gasteiger partial charge in [-0.05, 0) is 45.2 Å². The molecule has 1 atom stereocenters. The Morgan fingerprint density at radius 2 is 2.06 bits per heavy atom. The molecule has 16 heavy (non-hydrogen) atoms. The van der Waals surface area contributed by atoms with Crippen molar-refractivity contribution in [2.75, 3.05) is 11.4 Å². The average Bonchev–Trinajstić information content (AvgIpc) is 2.29. The maximum Gasteiger partial charge on any atom is 0.161 e. The molecule has 0 radical (unpaired) electrons. The molecule has 0 N–H and O–H groups in total. The summed E-state index contributed by atoms with van der Waals surface area (Å²) in [6.07, 6.45) is 3.77. The SMILES string of the molecule is CC(=O)c1ccccc1N1CCCCC1C. The van der Waals surface area contributed by atoms with E-state index in [0.717, 1.165) is 17.8 Å². The number of Topliss-reactive ketones (excluding diaryl/α,β-unsaturated/α-hetero) is 1. The van der Waals surface area contributed by atoms with Gasteiger partial charge in [0.15, 0.2) is 5.78 Å². The Morgan fingerprint density at radius 3 is 2.75 bits per heavy atom. The summed E-state index contributed by atoms with van der Waals surface area (Å²) < 4.78 is 0. The fraction of sp³-hybridized carbons (Fsp3) is 0.500. The second-order valence-corrected chi connectivity index (χ2v) is 4.61. The highest BCUT2D eigenvalue weighted by molar-refractivity contribution is 5.99. The molecule has 2 rings (SSSR count). The van der Waals surface area contributed by atoms with Gasteiger partial charge in [0.25, 0.3) is 0 Å². The van der Waals surface area contributed by atoms with E-state index in [1.807, 2.05) is 18.2 Å². The number of ketones is 1. The fourth-order valence-electron chi connectivity index (χ4n) is 2.48. The highest BCUT2D eigenvalue weighted by Crippen LogP contribution is 2.27. The van der Waals surface area contributed by atoms with Gasteiger partial charge >= 0.3 is 0 Å². The quantitative estimate of drug-likeness (QED) is 0.709. The van der Waals surface area contributed by atoms with Gasteiger partial charge in [0.05, 0.1) is 0 Å². The van der Waals surface area contributed by atoms with Gasteiger partial charge in [-0.3, -0.25) is 4.79 Å². The summed E-state index contributed by atoms with van der Waals surface area (Å²) >= 11 is 0. The minimum Gasteiger partial charge on any atom is -0.368 e. The number of rotatable bonds is 2. The van der Waals surface area contributed by atoms with Crippen LogP contribution in [0.2, 0.25) is 0 Å². The molecule has 1 aromatic rings. The molecule has 0 spiro atoms. The zero-order valence-electron chi connectivity index (χ0n) is 10.1. The van der Waals surface area contributed by atoms with Crippen molar-refractivity contribution in [1.29, 1.82) is 0 Å². The number of hydrogen-bond acceptors (Lipinski definition) is 2. The molecule has 1 unspecified atom stereocenters. The predicted molar refractivity (Wildman–Crippen MR) is 67.1 cm³/mol. The molecule has 1 fully saturated rings. The summed E-state index contributed by atoms with van der Waals surface area (Å²) in [5.41, 5.74) is 1.97. The van der Waals surface area contributed by atoms with E-state index in [-0.39, 0.29) is 5.78 Å². The van der Waals surface area contributed by atoms with Crippen LogP contribution >= 0.6 is 0 Å². The number of carbonyl (C=O) groups is 1. The summed E-state index contributed by atoms with van der Waals surface area (Å²) in [5.74, 6) is 0.161. The Morgan fingerprint density at radius 1 is 1.31 bits per heavy atom. The highest BCUT2D eigenvalue weighted by Gasteiger charge is 2.21. The molecule has 0 saturated carbocycles. The Balaban J connectivity index is 2.34. The molecule has 0 amide bonds. The molecule has 1 saturated heterocycles. The van der Waals surface area contributed by atoms with Crippen LogP contribution in [0.25, 0.3) is 0 Å². The van der Waals surface area contributed by atoms with E-state index in [0.29, 0.717) is 6.04 Å². The number of anilines is 1. The van der Waals surface area contributed by atoms with E-state index in [9.17, 15) is 4.79 Å². The third kappa shape index (κ3) is 2.11. The fourth-order valence-corrected chi connectivity index (χ4v) is 2.48. The Labute approximate surface area is 97.3 Å². The topological polar surface area (TPSA) is 20.3 Å². The Bertz CT molecular complexity index is 386. The van der Waals surface area contributed by atoms with Gasteiger partial charge in [0.1, 0.15) is 0 Å². The minimum atomic E-state index is 0.161. The Hall–Kier alpha value is -1.31. The highest BCUT2D eigenvalue weighted by atomic mass is 16.1. The van der Waals surface area contributed by atoms with Gasteiger partial charge in [0.2, 0.25) is 0 Å². The zero-order chi connectivity index (χ0) is 11.5.